The van der Waals surface area contributed by atoms with Gasteiger partial charge in [-0.3, -0.25) is 14.7 Å². The van der Waals surface area contributed by atoms with Gasteiger partial charge < -0.3 is 5.32 Å². The number of piperidine rings is 1. The molecule has 3 aromatic rings. The zero-order valence-electron chi connectivity index (χ0n) is 16.1. The van der Waals surface area contributed by atoms with Gasteiger partial charge in [-0.1, -0.05) is 30.3 Å². The van der Waals surface area contributed by atoms with Crippen LogP contribution in [0.25, 0.3) is 0 Å². The summed E-state index contributed by atoms with van der Waals surface area (Å²) in [7, 11) is 0. The second-order valence-corrected chi connectivity index (χ2v) is 8.36. The molecule has 2 atom stereocenters. The highest BCUT2D eigenvalue weighted by Crippen LogP contribution is 2.30. The van der Waals surface area contributed by atoms with Crippen molar-refractivity contribution in [1.29, 1.82) is 0 Å². The third-order valence-electron chi connectivity index (χ3n) is 5.40. The largest absolute Gasteiger partial charge is 0.343 e. The number of benzene rings is 1. The topological polar surface area (TPSA) is 45.2 Å². The number of amides is 1. The Morgan fingerprint density at radius 2 is 2.07 bits per heavy atom. The van der Waals surface area contributed by atoms with Gasteiger partial charge in [0.15, 0.2) is 0 Å². The fraction of sp³-hybridized carbons (Fsp3) is 0.304. The molecule has 1 fully saturated rings. The molecule has 1 saturated heterocycles. The molecule has 1 aliphatic rings. The summed E-state index contributed by atoms with van der Waals surface area (Å²) in [4.78, 5) is 20.3. The Bertz CT molecular complexity index is 932. The molecule has 1 N–H and O–H groups in total. The van der Waals surface area contributed by atoms with E-state index >= 15 is 0 Å². The van der Waals surface area contributed by atoms with E-state index in [1.54, 1.807) is 12.3 Å². The minimum absolute atomic E-state index is 0.0677. The average molecular weight is 410 g/mol. The van der Waals surface area contributed by atoms with Crippen molar-refractivity contribution in [3.8, 4) is 0 Å². The highest BCUT2D eigenvalue weighted by atomic mass is 32.1. The predicted octanol–water partition coefficient (Wildman–Crippen LogP) is 4.67. The van der Waals surface area contributed by atoms with E-state index in [1.165, 1.54) is 17.4 Å². The average Bonchev–Trinajstić information content (AvgIpc) is 3.29. The Kier molecular flexibility index (Phi) is 6.32. The Morgan fingerprint density at radius 1 is 1.21 bits per heavy atom. The summed E-state index contributed by atoms with van der Waals surface area (Å²) in [6.07, 6.45) is 3.77. The molecule has 0 unspecified atom stereocenters. The van der Waals surface area contributed by atoms with Gasteiger partial charge in [-0.25, -0.2) is 4.39 Å². The number of pyridine rings is 1. The van der Waals surface area contributed by atoms with Gasteiger partial charge in [-0.2, -0.15) is 0 Å². The van der Waals surface area contributed by atoms with E-state index in [-0.39, 0.29) is 23.7 Å². The number of carbonyl (C=O) groups is 1. The van der Waals surface area contributed by atoms with Gasteiger partial charge in [-0.05, 0) is 54.9 Å². The Balaban J connectivity index is 1.52. The van der Waals surface area contributed by atoms with Gasteiger partial charge in [0.2, 0.25) is 0 Å². The summed E-state index contributed by atoms with van der Waals surface area (Å²) >= 11 is 1.43. The summed E-state index contributed by atoms with van der Waals surface area (Å²) in [5, 5.41) is 5.11. The minimum Gasteiger partial charge on any atom is -0.343 e. The van der Waals surface area contributed by atoms with Crippen LogP contribution < -0.4 is 5.32 Å². The molecule has 0 aliphatic carbocycles. The maximum Gasteiger partial charge on any atom is 0.261 e. The first-order valence-corrected chi connectivity index (χ1v) is 10.8. The lowest BCUT2D eigenvalue weighted by Crippen LogP contribution is -2.43. The number of aromatic nitrogens is 1. The number of hydrogen-bond donors (Lipinski definition) is 1. The molecule has 0 radical (unpaired) electrons. The van der Waals surface area contributed by atoms with Crippen molar-refractivity contribution >= 4 is 17.2 Å². The van der Waals surface area contributed by atoms with Crippen LogP contribution in [0.1, 0.15) is 39.8 Å². The Morgan fingerprint density at radius 3 is 2.83 bits per heavy atom. The van der Waals surface area contributed by atoms with E-state index in [1.807, 2.05) is 47.8 Å². The maximum atomic E-state index is 14.1. The molecule has 0 saturated carbocycles. The maximum absolute atomic E-state index is 14.1. The SMILES string of the molecule is O=C(N[C@H](c1ccccn1)[C@H]1CCCN(Cc2ccccc2F)C1)c1cccs1. The lowest BCUT2D eigenvalue weighted by molar-refractivity contribution is 0.0878. The van der Waals surface area contributed by atoms with Gasteiger partial charge in [0.25, 0.3) is 5.91 Å². The molecule has 29 heavy (non-hydrogen) atoms. The molecule has 4 nitrogen and oxygen atoms in total. The molecule has 3 heterocycles. The molecule has 150 valence electrons. The van der Waals surface area contributed by atoms with Crippen LogP contribution in [0.5, 0.6) is 0 Å². The summed E-state index contributed by atoms with van der Waals surface area (Å²) in [6, 6.07) is 16.3. The second kappa shape index (κ2) is 9.29. The smallest absolute Gasteiger partial charge is 0.261 e. The van der Waals surface area contributed by atoms with Gasteiger partial charge in [0.05, 0.1) is 16.6 Å². The van der Waals surface area contributed by atoms with Crippen molar-refractivity contribution in [2.75, 3.05) is 13.1 Å². The number of nitrogens with one attached hydrogen (secondary N) is 1. The van der Waals surface area contributed by atoms with Crippen molar-refractivity contribution in [2.24, 2.45) is 5.92 Å². The monoisotopic (exact) mass is 409 g/mol. The molecule has 1 amide bonds. The lowest BCUT2D eigenvalue weighted by Gasteiger charge is -2.37. The van der Waals surface area contributed by atoms with Crippen molar-refractivity contribution in [2.45, 2.75) is 25.4 Å². The molecule has 2 aromatic heterocycles. The highest BCUT2D eigenvalue weighted by molar-refractivity contribution is 7.12. The summed E-state index contributed by atoms with van der Waals surface area (Å²) in [6.45, 7) is 2.30. The van der Waals surface area contributed by atoms with Gasteiger partial charge >= 0.3 is 0 Å². The van der Waals surface area contributed by atoms with Crippen molar-refractivity contribution in [1.82, 2.24) is 15.2 Å². The van der Waals surface area contributed by atoms with E-state index in [4.69, 9.17) is 0 Å². The Labute approximate surface area is 174 Å². The van der Waals surface area contributed by atoms with Gasteiger partial charge in [0.1, 0.15) is 5.82 Å². The summed E-state index contributed by atoms with van der Waals surface area (Å²) in [5.41, 5.74) is 1.58. The van der Waals surface area contributed by atoms with Crippen LogP contribution in [0.4, 0.5) is 4.39 Å². The van der Waals surface area contributed by atoms with Crippen molar-refractivity contribution in [3.63, 3.8) is 0 Å². The van der Waals surface area contributed by atoms with Crippen LogP contribution >= 0.6 is 11.3 Å². The van der Waals surface area contributed by atoms with Crippen LogP contribution in [0, 0.1) is 11.7 Å². The third kappa shape index (κ3) is 4.89. The van der Waals surface area contributed by atoms with E-state index in [2.05, 4.69) is 15.2 Å². The van der Waals surface area contributed by atoms with Crippen LogP contribution in [0.3, 0.4) is 0 Å². The molecule has 0 spiro atoms. The number of nitrogens with zero attached hydrogens (tertiary/aromatic N) is 2. The fourth-order valence-corrected chi connectivity index (χ4v) is 4.61. The second-order valence-electron chi connectivity index (χ2n) is 7.41. The molecule has 6 heteroatoms. The Hall–Kier alpha value is -2.57. The summed E-state index contributed by atoms with van der Waals surface area (Å²) < 4.78 is 14.1. The first-order chi connectivity index (χ1) is 14.2. The standard InChI is InChI=1S/C23H24FN3OS/c24-19-9-2-1-7-17(19)15-27-13-5-8-18(16-27)22(20-10-3-4-12-25-20)26-23(28)21-11-6-14-29-21/h1-4,6-7,9-12,14,18,22H,5,8,13,15-16H2,(H,26,28)/t18-,22-/m0/s1. The highest BCUT2D eigenvalue weighted by Gasteiger charge is 2.31. The number of thiophene rings is 1. The minimum atomic E-state index is -0.172. The van der Waals surface area contributed by atoms with E-state index in [0.29, 0.717) is 17.0 Å². The third-order valence-corrected chi connectivity index (χ3v) is 6.27. The van der Waals surface area contributed by atoms with Crippen LogP contribution in [-0.4, -0.2) is 28.9 Å². The van der Waals surface area contributed by atoms with Gasteiger partial charge in [0, 0.05) is 24.8 Å². The van der Waals surface area contributed by atoms with Crippen molar-refractivity contribution in [3.05, 3.63) is 88.1 Å². The molecular weight excluding hydrogens is 385 g/mol. The molecule has 4 rings (SSSR count). The van der Waals surface area contributed by atoms with E-state index in [9.17, 15) is 9.18 Å². The zero-order chi connectivity index (χ0) is 20.1. The number of carbonyl (C=O) groups excluding carboxylic acids is 1. The first kappa shape index (κ1) is 19.7. The normalized spacial score (nSPS) is 18.3. The number of hydrogen-bond acceptors (Lipinski definition) is 4. The fourth-order valence-electron chi connectivity index (χ4n) is 3.99. The quantitative estimate of drug-likeness (QED) is 0.644. The van der Waals surface area contributed by atoms with Gasteiger partial charge in [-0.15, -0.1) is 11.3 Å². The van der Waals surface area contributed by atoms with E-state index in [0.717, 1.165) is 31.6 Å². The number of rotatable bonds is 6. The van der Waals surface area contributed by atoms with Crippen LogP contribution in [-0.2, 0) is 6.54 Å². The van der Waals surface area contributed by atoms with E-state index < -0.39 is 0 Å². The predicted molar refractivity (Wildman–Crippen MR) is 113 cm³/mol. The summed E-state index contributed by atoms with van der Waals surface area (Å²) in [5.74, 6) is -0.0156. The van der Waals surface area contributed by atoms with Crippen LogP contribution in [0.15, 0.2) is 66.2 Å². The zero-order valence-corrected chi connectivity index (χ0v) is 16.9. The number of likely N-dealkylation sites (tertiary alicyclic amines) is 1. The lowest BCUT2D eigenvalue weighted by atomic mass is 9.88. The number of halogens is 1. The molecule has 1 aliphatic heterocycles. The molecular formula is C23H24FN3OS. The first-order valence-electron chi connectivity index (χ1n) is 9.92. The molecule has 1 aromatic carbocycles. The molecule has 0 bridgehead atoms. The van der Waals surface area contributed by atoms with Crippen molar-refractivity contribution < 1.29 is 9.18 Å². The van der Waals surface area contributed by atoms with Crippen LogP contribution in [0.2, 0.25) is 0 Å².